The Morgan fingerprint density at radius 3 is 2.68 bits per heavy atom. The van der Waals surface area contributed by atoms with Crippen LogP contribution < -0.4 is 10.1 Å². The molecule has 2 aromatic rings. The zero-order chi connectivity index (χ0) is 13.7. The first-order valence-corrected chi connectivity index (χ1v) is 6.69. The fraction of sp³-hybridized carbons (Fsp3) is 0.375. The van der Waals surface area contributed by atoms with Crippen molar-refractivity contribution in [2.24, 2.45) is 0 Å². The van der Waals surface area contributed by atoms with Crippen molar-refractivity contribution in [3.63, 3.8) is 0 Å². The number of hydrogen-bond donors (Lipinski definition) is 2. The van der Waals surface area contributed by atoms with Gasteiger partial charge in [0.2, 0.25) is 0 Å². The number of nitrogens with one attached hydrogen (secondary N) is 1. The Morgan fingerprint density at radius 2 is 2.00 bits per heavy atom. The van der Waals surface area contributed by atoms with Crippen molar-refractivity contribution in [2.45, 2.75) is 25.9 Å². The smallest absolute Gasteiger partial charge is 0.123 e. The van der Waals surface area contributed by atoms with Crippen LogP contribution in [0, 0.1) is 0 Å². The van der Waals surface area contributed by atoms with Gasteiger partial charge in [0, 0.05) is 18.2 Å². The van der Waals surface area contributed by atoms with Crippen molar-refractivity contribution in [3.8, 4) is 5.75 Å². The van der Waals surface area contributed by atoms with Crippen LogP contribution in [-0.4, -0.2) is 24.9 Å². The minimum absolute atomic E-state index is 0.128. The third-order valence-electron chi connectivity index (χ3n) is 3.50. The average molecular weight is 259 g/mol. The second kappa shape index (κ2) is 6.55. The zero-order valence-electron chi connectivity index (χ0n) is 11.5. The number of benzene rings is 2. The molecule has 0 spiro atoms. The molecule has 0 unspecified atom stereocenters. The number of aliphatic hydroxyl groups is 1. The van der Waals surface area contributed by atoms with Crippen LogP contribution in [0.2, 0.25) is 0 Å². The monoisotopic (exact) mass is 259 g/mol. The normalized spacial score (nSPS) is 12.6. The number of ether oxygens (including phenoxy) is 1. The number of rotatable bonds is 6. The van der Waals surface area contributed by atoms with Gasteiger partial charge in [0.25, 0.3) is 0 Å². The summed E-state index contributed by atoms with van der Waals surface area (Å²) >= 11 is 0. The first-order valence-electron chi connectivity index (χ1n) is 6.69. The van der Waals surface area contributed by atoms with E-state index in [-0.39, 0.29) is 12.6 Å². The van der Waals surface area contributed by atoms with E-state index in [0.29, 0.717) is 6.54 Å². The van der Waals surface area contributed by atoms with Crippen LogP contribution in [0.15, 0.2) is 36.4 Å². The Balaban J connectivity index is 2.33. The zero-order valence-corrected chi connectivity index (χ0v) is 11.5. The van der Waals surface area contributed by atoms with Gasteiger partial charge < -0.3 is 15.2 Å². The minimum Gasteiger partial charge on any atom is -0.496 e. The minimum atomic E-state index is 0.128. The lowest BCUT2D eigenvalue weighted by atomic mass is 10.0. The van der Waals surface area contributed by atoms with E-state index in [2.05, 4.69) is 30.4 Å². The molecule has 0 radical (unpaired) electrons. The predicted octanol–water partition coefficient (Wildman–Crippen LogP) is 2.71. The molecule has 0 aliphatic rings. The summed E-state index contributed by atoms with van der Waals surface area (Å²) in [7, 11) is 1.69. The molecule has 0 aliphatic carbocycles. The van der Waals surface area contributed by atoms with Crippen molar-refractivity contribution in [1.29, 1.82) is 0 Å². The van der Waals surface area contributed by atoms with Gasteiger partial charge in [-0.3, -0.25) is 0 Å². The van der Waals surface area contributed by atoms with Crippen molar-refractivity contribution >= 4 is 10.8 Å². The Kier molecular flexibility index (Phi) is 4.77. The van der Waals surface area contributed by atoms with Gasteiger partial charge in [-0.05, 0) is 23.3 Å². The van der Waals surface area contributed by atoms with Gasteiger partial charge in [0.05, 0.1) is 13.7 Å². The van der Waals surface area contributed by atoms with E-state index < -0.39 is 0 Å². The summed E-state index contributed by atoms with van der Waals surface area (Å²) < 4.78 is 5.45. The highest BCUT2D eigenvalue weighted by Gasteiger charge is 2.10. The van der Waals surface area contributed by atoms with E-state index in [4.69, 9.17) is 4.74 Å². The number of methoxy groups -OCH3 is 1. The average Bonchev–Trinajstić information content (AvgIpc) is 2.48. The Labute approximate surface area is 114 Å². The molecule has 0 fully saturated rings. The third-order valence-corrected chi connectivity index (χ3v) is 3.50. The van der Waals surface area contributed by atoms with Crippen LogP contribution in [-0.2, 0) is 6.54 Å². The van der Waals surface area contributed by atoms with Gasteiger partial charge >= 0.3 is 0 Å². The van der Waals surface area contributed by atoms with Crippen LogP contribution in [0.4, 0.5) is 0 Å². The highest BCUT2D eigenvalue weighted by molar-refractivity contribution is 5.87. The molecule has 0 aromatic heterocycles. The quantitative estimate of drug-likeness (QED) is 0.838. The molecule has 2 aromatic carbocycles. The van der Waals surface area contributed by atoms with E-state index in [0.717, 1.165) is 17.7 Å². The Hall–Kier alpha value is -1.58. The van der Waals surface area contributed by atoms with Crippen LogP contribution in [0.25, 0.3) is 10.8 Å². The summed E-state index contributed by atoms with van der Waals surface area (Å²) in [6, 6.07) is 12.5. The molecule has 0 saturated heterocycles. The summed E-state index contributed by atoms with van der Waals surface area (Å²) in [6.07, 6.45) is 0.906. The molecular weight excluding hydrogens is 238 g/mol. The highest BCUT2D eigenvalue weighted by Crippen LogP contribution is 2.27. The summed E-state index contributed by atoms with van der Waals surface area (Å²) in [5.41, 5.74) is 1.15. The van der Waals surface area contributed by atoms with E-state index in [1.807, 2.05) is 18.2 Å². The maximum atomic E-state index is 9.25. The van der Waals surface area contributed by atoms with Crippen LogP contribution in [0.3, 0.4) is 0 Å². The first kappa shape index (κ1) is 13.8. The van der Waals surface area contributed by atoms with Gasteiger partial charge in [-0.15, -0.1) is 0 Å². The first-order chi connectivity index (χ1) is 9.30. The van der Waals surface area contributed by atoms with Gasteiger partial charge in [-0.2, -0.15) is 0 Å². The second-order valence-electron chi connectivity index (χ2n) is 4.64. The van der Waals surface area contributed by atoms with Crippen molar-refractivity contribution in [1.82, 2.24) is 5.32 Å². The van der Waals surface area contributed by atoms with E-state index >= 15 is 0 Å². The van der Waals surface area contributed by atoms with Crippen LogP contribution in [0.5, 0.6) is 5.75 Å². The third kappa shape index (κ3) is 3.06. The summed E-state index contributed by atoms with van der Waals surface area (Å²) in [4.78, 5) is 0. The van der Waals surface area contributed by atoms with Gasteiger partial charge in [-0.25, -0.2) is 0 Å². The van der Waals surface area contributed by atoms with Gasteiger partial charge in [0.15, 0.2) is 0 Å². The number of fused-ring (bicyclic) bond motifs is 1. The second-order valence-corrected chi connectivity index (χ2v) is 4.64. The molecule has 0 heterocycles. The molecule has 2 rings (SSSR count). The van der Waals surface area contributed by atoms with Crippen molar-refractivity contribution in [2.75, 3.05) is 13.7 Å². The molecule has 0 saturated carbocycles. The molecule has 3 heteroatoms. The molecule has 0 aliphatic heterocycles. The van der Waals surface area contributed by atoms with Crippen molar-refractivity contribution in [3.05, 3.63) is 42.0 Å². The van der Waals surface area contributed by atoms with Crippen molar-refractivity contribution < 1.29 is 9.84 Å². The van der Waals surface area contributed by atoms with E-state index in [9.17, 15) is 5.11 Å². The molecular formula is C16H21NO2. The molecule has 3 nitrogen and oxygen atoms in total. The molecule has 0 amide bonds. The van der Waals surface area contributed by atoms with E-state index in [1.54, 1.807) is 7.11 Å². The molecule has 19 heavy (non-hydrogen) atoms. The van der Waals surface area contributed by atoms with Gasteiger partial charge in [-0.1, -0.05) is 37.3 Å². The van der Waals surface area contributed by atoms with Gasteiger partial charge in [0.1, 0.15) is 5.75 Å². The van der Waals surface area contributed by atoms with E-state index in [1.165, 1.54) is 10.8 Å². The maximum Gasteiger partial charge on any atom is 0.123 e. The topological polar surface area (TPSA) is 41.5 Å². The lowest BCUT2D eigenvalue weighted by Gasteiger charge is -2.17. The Bertz CT molecular complexity index is 535. The largest absolute Gasteiger partial charge is 0.496 e. The van der Waals surface area contributed by atoms with Crippen LogP contribution in [0.1, 0.15) is 18.9 Å². The summed E-state index contributed by atoms with van der Waals surface area (Å²) in [5, 5.41) is 15.0. The fourth-order valence-electron chi connectivity index (χ4n) is 2.27. The summed E-state index contributed by atoms with van der Waals surface area (Å²) in [5.74, 6) is 0.888. The molecule has 1 atom stereocenters. The molecule has 102 valence electrons. The lowest BCUT2D eigenvalue weighted by Crippen LogP contribution is -2.31. The molecule has 0 bridgehead atoms. The standard InChI is InChI=1S/C16H21NO2/c1-3-13(11-18)17-10-15-14-7-5-4-6-12(14)8-9-16(15)19-2/h4-9,13,17-18H,3,10-11H2,1-2H3/t13-/m1/s1. The SMILES string of the molecule is CC[C@H](CO)NCc1c(OC)ccc2ccccc12. The summed E-state index contributed by atoms with van der Waals surface area (Å²) in [6.45, 7) is 2.92. The maximum absolute atomic E-state index is 9.25. The van der Waals surface area contributed by atoms with Crippen LogP contribution >= 0.6 is 0 Å². The number of aliphatic hydroxyl groups excluding tert-OH is 1. The predicted molar refractivity (Wildman–Crippen MR) is 78.5 cm³/mol. The molecule has 2 N–H and O–H groups in total. The Morgan fingerprint density at radius 1 is 1.21 bits per heavy atom. The fourth-order valence-corrected chi connectivity index (χ4v) is 2.27. The lowest BCUT2D eigenvalue weighted by molar-refractivity contribution is 0.238. The highest BCUT2D eigenvalue weighted by atomic mass is 16.5. The number of hydrogen-bond acceptors (Lipinski definition) is 3.